The van der Waals surface area contributed by atoms with Crippen LogP contribution in [0.5, 0.6) is 11.5 Å². The summed E-state index contributed by atoms with van der Waals surface area (Å²) in [5, 5.41) is 5.81. The van der Waals surface area contributed by atoms with Crippen LogP contribution in [-0.2, 0) is 4.79 Å². The zero-order chi connectivity index (χ0) is 21.6. The smallest absolute Gasteiger partial charge is 0.252 e. The molecule has 0 heterocycles. The van der Waals surface area contributed by atoms with Crippen LogP contribution in [0.15, 0.2) is 46.9 Å². The first-order chi connectivity index (χ1) is 13.7. The molecule has 0 aromatic heterocycles. The van der Waals surface area contributed by atoms with Crippen LogP contribution in [0, 0.1) is 5.92 Å². The minimum atomic E-state index is -0.686. The van der Waals surface area contributed by atoms with Crippen LogP contribution in [-0.4, -0.2) is 32.1 Å². The van der Waals surface area contributed by atoms with E-state index in [1.165, 1.54) is 14.2 Å². The van der Waals surface area contributed by atoms with Crippen LogP contribution in [0.25, 0.3) is 0 Å². The Morgan fingerprint density at radius 3 is 2.07 bits per heavy atom. The van der Waals surface area contributed by atoms with Gasteiger partial charge in [-0.15, -0.1) is 0 Å². The zero-order valence-corrected chi connectivity index (χ0v) is 18.9. The molecule has 0 spiro atoms. The molecule has 0 bridgehead atoms. The van der Waals surface area contributed by atoms with Gasteiger partial charge in [-0.25, -0.2) is 0 Å². The molecule has 6 nitrogen and oxygen atoms in total. The number of nitrogens with one attached hydrogen (secondary N) is 2. The predicted molar refractivity (Wildman–Crippen MR) is 116 cm³/mol. The summed E-state index contributed by atoms with van der Waals surface area (Å²) >= 11 is 3.44. The minimum Gasteiger partial charge on any atom is -0.497 e. The number of halogens is 1. The van der Waals surface area contributed by atoms with Crippen molar-refractivity contribution in [3.8, 4) is 11.5 Å². The van der Waals surface area contributed by atoms with E-state index in [1.807, 2.05) is 45.0 Å². The summed E-state index contributed by atoms with van der Waals surface area (Å²) in [6.07, 6.45) is 0. The SMILES string of the molecule is COc1cc(OC)cc(C(=O)NC(C(=O)NC(C)c2cccc(Br)c2)C(C)C)c1. The molecule has 2 rings (SSSR count). The number of rotatable bonds is 8. The third-order valence-corrected chi connectivity index (χ3v) is 5.05. The lowest BCUT2D eigenvalue weighted by Crippen LogP contribution is -2.50. The van der Waals surface area contributed by atoms with E-state index < -0.39 is 6.04 Å². The summed E-state index contributed by atoms with van der Waals surface area (Å²) in [5.74, 6) is 0.301. The number of benzene rings is 2. The molecule has 0 radical (unpaired) electrons. The Morgan fingerprint density at radius 2 is 1.55 bits per heavy atom. The monoisotopic (exact) mass is 462 g/mol. The molecule has 2 N–H and O–H groups in total. The fourth-order valence-electron chi connectivity index (χ4n) is 2.86. The maximum absolute atomic E-state index is 12.9. The van der Waals surface area contributed by atoms with E-state index in [9.17, 15) is 9.59 Å². The lowest BCUT2D eigenvalue weighted by molar-refractivity contribution is -0.124. The van der Waals surface area contributed by atoms with Crippen molar-refractivity contribution in [2.75, 3.05) is 14.2 Å². The quantitative estimate of drug-likeness (QED) is 0.618. The van der Waals surface area contributed by atoms with Gasteiger partial charge < -0.3 is 20.1 Å². The van der Waals surface area contributed by atoms with Crippen molar-refractivity contribution in [2.45, 2.75) is 32.9 Å². The van der Waals surface area contributed by atoms with Gasteiger partial charge in [-0.3, -0.25) is 9.59 Å². The minimum absolute atomic E-state index is 0.0961. The molecule has 0 saturated carbocycles. The van der Waals surface area contributed by atoms with Gasteiger partial charge in [0.25, 0.3) is 5.91 Å². The standard InChI is InChI=1S/C22H27BrN2O4/c1-13(2)20(22(27)24-14(3)15-7-6-8-17(23)9-15)25-21(26)16-10-18(28-4)12-19(11-16)29-5/h6-14,20H,1-5H3,(H,24,27)(H,25,26). The molecule has 29 heavy (non-hydrogen) atoms. The molecule has 0 aliphatic rings. The summed E-state index contributed by atoms with van der Waals surface area (Å²) in [5.41, 5.74) is 1.33. The van der Waals surface area contributed by atoms with E-state index >= 15 is 0 Å². The second-order valence-electron chi connectivity index (χ2n) is 7.08. The highest BCUT2D eigenvalue weighted by Gasteiger charge is 2.26. The van der Waals surface area contributed by atoms with E-state index in [-0.39, 0.29) is 23.8 Å². The zero-order valence-electron chi connectivity index (χ0n) is 17.3. The van der Waals surface area contributed by atoms with Gasteiger partial charge >= 0.3 is 0 Å². The lowest BCUT2D eigenvalue weighted by atomic mass is 10.0. The van der Waals surface area contributed by atoms with Crippen LogP contribution in [0.2, 0.25) is 0 Å². The van der Waals surface area contributed by atoms with Crippen LogP contribution in [0.3, 0.4) is 0 Å². The van der Waals surface area contributed by atoms with E-state index in [0.717, 1.165) is 10.0 Å². The van der Waals surface area contributed by atoms with Crippen molar-refractivity contribution in [2.24, 2.45) is 5.92 Å². The maximum atomic E-state index is 12.9. The molecule has 2 amide bonds. The van der Waals surface area contributed by atoms with Crippen molar-refractivity contribution < 1.29 is 19.1 Å². The first kappa shape index (κ1) is 22.7. The molecule has 0 aliphatic heterocycles. The Hall–Kier alpha value is -2.54. The van der Waals surface area contributed by atoms with Crippen molar-refractivity contribution in [3.05, 3.63) is 58.1 Å². The Bertz CT molecular complexity index is 847. The van der Waals surface area contributed by atoms with Gasteiger partial charge in [0, 0.05) is 16.1 Å². The second-order valence-corrected chi connectivity index (χ2v) is 8.00. The summed E-state index contributed by atoms with van der Waals surface area (Å²) in [7, 11) is 3.04. The Morgan fingerprint density at radius 1 is 0.931 bits per heavy atom. The highest BCUT2D eigenvalue weighted by atomic mass is 79.9. The van der Waals surface area contributed by atoms with Gasteiger partial charge in [0.1, 0.15) is 17.5 Å². The molecular weight excluding hydrogens is 436 g/mol. The molecule has 0 fully saturated rings. The molecule has 0 aliphatic carbocycles. The molecule has 2 aromatic rings. The fraction of sp³-hybridized carbons (Fsp3) is 0.364. The van der Waals surface area contributed by atoms with Gasteiger partial charge in [-0.1, -0.05) is 41.9 Å². The number of hydrogen-bond donors (Lipinski definition) is 2. The molecule has 2 aromatic carbocycles. The maximum Gasteiger partial charge on any atom is 0.252 e. The van der Waals surface area contributed by atoms with Crippen LogP contribution in [0.4, 0.5) is 0 Å². The van der Waals surface area contributed by atoms with Crippen molar-refractivity contribution >= 4 is 27.7 Å². The average Bonchev–Trinajstić information content (AvgIpc) is 2.70. The summed E-state index contributed by atoms with van der Waals surface area (Å²) in [6, 6.07) is 11.8. The third kappa shape index (κ3) is 6.22. The molecule has 7 heteroatoms. The Labute approximate surface area is 180 Å². The topological polar surface area (TPSA) is 76.7 Å². The highest BCUT2D eigenvalue weighted by Crippen LogP contribution is 2.23. The van der Waals surface area contributed by atoms with Gasteiger partial charge in [0.05, 0.1) is 20.3 Å². The normalized spacial score (nSPS) is 12.8. The van der Waals surface area contributed by atoms with Crippen LogP contribution < -0.4 is 20.1 Å². The Balaban J connectivity index is 2.15. The molecular formula is C22H27BrN2O4. The second kappa shape index (κ2) is 10.3. The van der Waals surface area contributed by atoms with Crippen molar-refractivity contribution in [3.63, 3.8) is 0 Å². The summed E-state index contributed by atoms with van der Waals surface area (Å²) in [4.78, 5) is 25.7. The lowest BCUT2D eigenvalue weighted by Gasteiger charge is -2.24. The third-order valence-electron chi connectivity index (χ3n) is 4.56. The van der Waals surface area contributed by atoms with Crippen LogP contribution >= 0.6 is 15.9 Å². The van der Waals surface area contributed by atoms with Crippen molar-refractivity contribution in [1.29, 1.82) is 0 Å². The van der Waals surface area contributed by atoms with Gasteiger partial charge in [0.15, 0.2) is 0 Å². The number of hydrogen-bond acceptors (Lipinski definition) is 4. The molecule has 156 valence electrons. The molecule has 2 unspecified atom stereocenters. The highest BCUT2D eigenvalue weighted by molar-refractivity contribution is 9.10. The number of amides is 2. The van der Waals surface area contributed by atoms with Gasteiger partial charge in [-0.05, 0) is 42.7 Å². The summed E-state index contributed by atoms with van der Waals surface area (Å²) in [6.45, 7) is 5.69. The molecule has 2 atom stereocenters. The first-order valence-electron chi connectivity index (χ1n) is 9.35. The summed E-state index contributed by atoms with van der Waals surface area (Å²) < 4.78 is 11.4. The van der Waals surface area contributed by atoms with Crippen LogP contribution in [0.1, 0.15) is 42.7 Å². The predicted octanol–water partition coefficient (Wildman–Crippen LogP) is 4.10. The average molecular weight is 463 g/mol. The van der Waals surface area contributed by atoms with E-state index in [2.05, 4.69) is 26.6 Å². The first-order valence-corrected chi connectivity index (χ1v) is 10.1. The van der Waals surface area contributed by atoms with Gasteiger partial charge in [-0.2, -0.15) is 0 Å². The Kier molecular flexibility index (Phi) is 8.08. The largest absolute Gasteiger partial charge is 0.497 e. The number of carbonyl (C=O) groups excluding carboxylic acids is 2. The van der Waals surface area contributed by atoms with E-state index in [4.69, 9.17) is 9.47 Å². The number of ether oxygens (including phenoxy) is 2. The van der Waals surface area contributed by atoms with E-state index in [0.29, 0.717) is 17.1 Å². The number of carbonyl (C=O) groups is 2. The van der Waals surface area contributed by atoms with E-state index in [1.54, 1.807) is 18.2 Å². The van der Waals surface area contributed by atoms with Gasteiger partial charge in [0.2, 0.25) is 5.91 Å². The number of methoxy groups -OCH3 is 2. The van der Waals surface area contributed by atoms with Crippen molar-refractivity contribution in [1.82, 2.24) is 10.6 Å². The fourth-order valence-corrected chi connectivity index (χ4v) is 3.28. The molecule has 0 saturated heterocycles.